The first-order valence-corrected chi connectivity index (χ1v) is 19.1. The van der Waals surface area contributed by atoms with Crippen LogP contribution in [0.3, 0.4) is 0 Å². The van der Waals surface area contributed by atoms with E-state index in [0.717, 1.165) is 0 Å². The number of likely N-dealkylation sites (N-methyl/N-ethyl adjacent to an activating group) is 2. The van der Waals surface area contributed by atoms with Gasteiger partial charge in [0, 0.05) is 38.1 Å². The molecule has 14 nitrogen and oxygen atoms in total. The SMILES string of the molecule is CCC1OC(=O)C(C)C(OC2C[C@@](C)(OC)C(O)C(C)O2)C(C)C(OC2OC(C)CC(N(C)C)C2O)[C@](C)(O)CC(C)CN(C)C(C)C(O)[C@]1(C)O. The fraction of sp³-hybridized carbons (Fsp3) is 0.974. The van der Waals surface area contributed by atoms with Crippen molar-refractivity contribution in [2.24, 2.45) is 17.8 Å². The predicted octanol–water partition coefficient (Wildman–Crippen LogP) is 1.90. The Morgan fingerprint density at radius 2 is 1.56 bits per heavy atom. The second-order valence-electron chi connectivity index (χ2n) is 17.2. The van der Waals surface area contributed by atoms with Crippen LogP contribution in [0.25, 0.3) is 0 Å². The minimum absolute atomic E-state index is 0.133. The van der Waals surface area contributed by atoms with Crippen LogP contribution in [-0.4, -0.2) is 166 Å². The van der Waals surface area contributed by atoms with Gasteiger partial charge in [0.05, 0.1) is 41.5 Å². The Labute approximate surface area is 312 Å². The first-order valence-electron chi connectivity index (χ1n) is 19.1. The van der Waals surface area contributed by atoms with Crippen LogP contribution in [0.15, 0.2) is 0 Å². The summed E-state index contributed by atoms with van der Waals surface area (Å²) in [6, 6.07) is -0.808. The molecule has 18 atom stereocenters. The highest BCUT2D eigenvalue weighted by Crippen LogP contribution is 2.40. The van der Waals surface area contributed by atoms with Crippen LogP contribution in [0.1, 0.15) is 94.9 Å². The number of methoxy groups -OCH3 is 1. The number of aliphatic hydroxyl groups is 5. The van der Waals surface area contributed by atoms with Crippen LogP contribution < -0.4 is 0 Å². The Morgan fingerprint density at radius 1 is 0.942 bits per heavy atom. The minimum atomic E-state index is -1.80. The lowest BCUT2D eigenvalue weighted by Gasteiger charge is -2.48. The minimum Gasteiger partial charge on any atom is -0.459 e. The van der Waals surface area contributed by atoms with E-state index >= 15 is 0 Å². The van der Waals surface area contributed by atoms with E-state index in [9.17, 15) is 30.3 Å². The summed E-state index contributed by atoms with van der Waals surface area (Å²) in [4.78, 5) is 18.0. The number of hydrogen-bond donors (Lipinski definition) is 5. The third-order valence-corrected chi connectivity index (χ3v) is 12.2. The van der Waals surface area contributed by atoms with Crippen molar-refractivity contribution in [3.05, 3.63) is 0 Å². The van der Waals surface area contributed by atoms with E-state index in [-0.39, 0.29) is 37.3 Å². The molecule has 5 N–H and O–H groups in total. The van der Waals surface area contributed by atoms with Crippen LogP contribution in [0.4, 0.5) is 0 Å². The van der Waals surface area contributed by atoms with Crippen molar-refractivity contribution in [2.45, 2.75) is 185 Å². The molecular formula is C38H72N2O12. The Balaban J connectivity index is 2.17. The normalized spacial score (nSPS) is 49.6. The van der Waals surface area contributed by atoms with Gasteiger partial charge in [-0.05, 0) is 94.8 Å². The number of esters is 1. The van der Waals surface area contributed by atoms with E-state index in [1.54, 1.807) is 41.5 Å². The molecule has 0 aromatic carbocycles. The van der Waals surface area contributed by atoms with Gasteiger partial charge in [-0.2, -0.15) is 0 Å². The highest BCUT2D eigenvalue weighted by atomic mass is 16.7. The molecule has 0 aromatic heterocycles. The van der Waals surface area contributed by atoms with Crippen LogP contribution >= 0.6 is 0 Å². The van der Waals surface area contributed by atoms with Gasteiger partial charge in [0.1, 0.15) is 30.0 Å². The lowest BCUT2D eigenvalue weighted by molar-refractivity contribution is -0.318. The highest BCUT2D eigenvalue weighted by molar-refractivity contribution is 5.73. The molecule has 3 fully saturated rings. The first kappa shape index (κ1) is 45.4. The van der Waals surface area contributed by atoms with Gasteiger partial charge in [-0.1, -0.05) is 20.8 Å². The lowest BCUT2D eigenvalue weighted by atomic mass is 9.77. The Hall–Kier alpha value is -1.01. The molecule has 3 heterocycles. The average Bonchev–Trinajstić information content (AvgIpc) is 3.05. The van der Waals surface area contributed by atoms with Crippen molar-refractivity contribution in [1.82, 2.24) is 9.80 Å². The van der Waals surface area contributed by atoms with Crippen molar-refractivity contribution in [2.75, 3.05) is 34.8 Å². The fourth-order valence-corrected chi connectivity index (χ4v) is 8.74. The van der Waals surface area contributed by atoms with Gasteiger partial charge in [0.15, 0.2) is 12.6 Å². The number of carbonyl (C=O) groups excluding carboxylic acids is 1. The summed E-state index contributed by atoms with van der Waals surface area (Å²) in [7, 11) is 7.12. The van der Waals surface area contributed by atoms with Crippen molar-refractivity contribution < 1.29 is 58.7 Å². The van der Waals surface area contributed by atoms with E-state index in [4.69, 9.17) is 28.4 Å². The zero-order valence-electron chi connectivity index (χ0n) is 34.2. The molecule has 14 heteroatoms. The van der Waals surface area contributed by atoms with E-state index in [1.165, 1.54) is 14.0 Å². The quantitative estimate of drug-likeness (QED) is 0.238. The van der Waals surface area contributed by atoms with Crippen LogP contribution in [0.2, 0.25) is 0 Å². The Morgan fingerprint density at radius 3 is 2.12 bits per heavy atom. The van der Waals surface area contributed by atoms with Gasteiger partial charge >= 0.3 is 5.97 Å². The summed E-state index contributed by atoms with van der Waals surface area (Å²) >= 11 is 0. The molecule has 3 aliphatic heterocycles. The largest absolute Gasteiger partial charge is 0.459 e. The molecule has 3 aliphatic rings. The van der Waals surface area contributed by atoms with E-state index in [2.05, 4.69) is 0 Å². The van der Waals surface area contributed by atoms with Crippen molar-refractivity contribution in [3.8, 4) is 0 Å². The molecule has 0 aromatic rings. The van der Waals surface area contributed by atoms with Crippen molar-refractivity contribution >= 4 is 5.97 Å². The molecule has 3 rings (SSSR count). The monoisotopic (exact) mass is 749 g/mol. The maximum absolute atomic E-state index is 14.2. The topological polar surface area (TPSA) is 180 Å². The highest BCUT2D eigenvalue weighted by Gasteiger charge is 2.52. The first-order chi connectivity index (χ1) is 23.9. The van der Waals surface area contributed by atoms with Gasteiger partial charge in [0.2, 0.25) is 0 Å². The molecule has 306 valence electrons. The third-order valence-electron chi connectivity index (χ3n) is 12.2. The Kier molecular flexibility index (Phi) is 15.6. The van der Waals surface area contributed by atoms with E-state index in [0.29, 0.717) is 13.0 Å². The summed E-state index contributed by atoms with van der Waals surface area (Å²) in [6.45, 7) is 18.0. The Bertz CT molecular complexity index is 1140. The summed E-state index contributed by atoms with van der Waals surface area (Å²) in [6.07, 6.45) is -8.19. The smallest absolute Gasteiger partial charge is 0.311 e. The average molecular weight is 749 g/mol. The van der Waals surface area contributed by atoms with Crippen molar-refractivity contribution in [3.63, 3.8) is 0 Å². The molecule has 0 aliphatic carbocycles. The summed E-state index contributed by atoms with van der Waals surface area (Å²) in [5, 5.41) is 58.1. The molecule has 0 bridgehead atoms. The number of ether oxygens (including phenoxy) is 6. The number of carbonyl (C=O) groups is 1. The van der Waals surface area contributed by atoms with Crippen LogP contribution in [0, 0.1) is 17.8 Å². The maximum atomic E-state index is 14.2. The predicted molar refractivity (Wildman–Crippen MR) is 194 cm³/mol. The molecule has 52 heavy (non-hydrogen) atoms. The molecular weight excluding hydrogens is 676 g/mol. The van der Waals surface area contributed by atoms with Crippen LogP contribution in [-0.2, 0) is 33.2 Å². The molecule has 0 spiro atoms. The molecule has 0 saturated carbocycles. The third kappa shape index (κ3) is 10.0. The van der Waals surface area contributed by atoms with Crippen LogP contribution in [0.5, 0.6) is 0 Å². The van der Waals surface area contributed by atoms with Gasteiger partial charge in [-0.3, -0.25) is 4.79 Å². The number of hydrogen-bond acceptors (Lipinski definition) is 14. The zero-order chi connectivity index (χ0) is 39.7. The van der Waals surface area contributed by atoms with Gasteiger partial charge in [0.25, 0.3) is 0 Å². The standard InChI is InChI=1S/C38H72N2O12/c1-15-27-38(10,46)31(42)24(6)40(13)19-20(2)17-36(8,45)33(52-35-29(41)26(39(11)12)16-21(3)48-35)22(4)30(23(5)34(44)50-27)51-28-18-37(9,47-14)32(43)25(7)49-28/h20-33,35,41-43,45-46H,15-19H2,1-14H3/t20?,21?,22?,23?,24?,25?,26?,27?,28?,29?,30?,31?,32?,33?,35?,36-,37-,38-/m1/s1. The number of aliphatic hydroxyl groups excluding tert-OH is 3. The summed E-state index contributed by atoms with van der Waals surface area (Å²) < 4.78 is 37.5. The van der Waals surface area contributed by atoms with Crippen molar-refractivity contribution in [1.29, 1.82) is 0 Å². The van der Waals surface area contributed by atoms with Gasteiger partial charge < -0.3 is 63.8 Å². The number of rotatable bonds is 7. The number of cyclic esters (lactones) is 1. The van der Waals surface area contributed by atoms with Gasteiger partial charge in [-0.25, -0.2) is 0 Å². The second-order valence-corrected chi connectivity index (χ2v) is 17.2. The molecule has 0 radical (unpaired) electrons. The fourth-order valence-electron chi connectivity index (χ4n) is 8.74. The maximum Gasteiger partial charge on any atom is 0.311 e. The summed E-state index contributed by atoms with van der Waals surface area (Å²) in [5.74, 6) is -2.58. The van der Waals surface area contributed by atoms with E-state index in [1.807, 2.05) is 51.7 Å². The second kappa shape index (κ2) is 17.8. The zero-order valence-corrected chi connectivity index (χ0v) is 34.2. The lowest BCUT2D eigenvalue weighted by Crippen LogP contribution is -2.60. The van der Waals surface area contributed by atoms with E-state index < -0.39 is 96.0 Å². The van der Waals surface area contributed by atoms with Gasteiger partial charge in [-0.15, -0.1) is 0 Å². The summed E-state index contributed by atoms with van der Waals surface area (Å²) in [5.41, 5.74) is -4.37. The molecule has 3 saturated heterocycles. The number of nitrogens with zero attached hydrogens (tertiary/aromatic N) is 2. The molecule has 15 unspecified atom stereocenters. The molecule has 0 amide bonds.